The maximum atomic E-state index is 14.4. The van der Waals surface area contributed by atoms with Gasteiger partial charge in [-0.05, 0) is 44.5 Å². The number of nitrogens with zero attached hydrogens (tertiary/aromatic N) is 2. The molecule has 0 saturated heterocycles. The molecular formula is C23H28Cl2FN3O4S. The summed E-state index contributed by atoms with van der Waals surface area (Å²) in [6.45, 7) is 4.40. The number of rotatable bonds is 10. The van der Waals surface area contributed by atoms with Crippen molar-refractivity contribution in [2.24, 2.45) is 0 Å². The Morgan fingerprint density at radius 1 is 1.09 bits per heavy atom. The lowest BCUT2D eigenvalue weighted by Gasteiger charge is -2.32. The second-order valence-corrected chi connectivity index (χ2v) is 10.7. The van der Waals surface area contributed by atoms with Crippen LogP contribution in [0.3, 0.4) is 0 Å². The highest BCUT2D eigenvalue weighted by Gasteiger charge is 2.31. The van der Waals surface area contributed by atoms with Crippen LogP contribution in [0, 0.1) is 5.82 Å². The zero-order valence-electron chi connectivity index (χ0n) is 19.4. The normalized spacial score (nSPS) is 13.1. The van der Waals surface area contributed by atoms with E-state index in [1.165, 1.54) is 43.3 Å². The molecule has 186 valence electrons. The Kier molecular flexibility index (Phi) is 9.73. The summed E-state index contributed by atoms with van der Waals surface area (Å²) in [7, 11) is -3.92. The highest BCUT2D eigenvalue weighted by molar-refractivity contribution is 7.92. The van der Waals surface area contributed by atoms with E-state index in [4.69, 9.17) is 23.2 Å². The van der Waals surface area contributed by atoms with Gasteiger partial charge in [0, 0.05) is 18.2 Å². The van der Waals surface area contributed by atoms with Gasteiger partial charge in [-0.25, -0.2) is 12.8 Å². The van der Waals surface area contributed by atoms with Crippen LogP contribution in [0.5, 0.6) is 0 Å². The van der Waals surface area contributed by atoms with E-state index in [0.29, 0.717) is 6.42 Å². The van der Waals surface area contributed by atoms with Gasteiger partial charge in [0.15, 0.2) is 0 Å². The van der Waals surface area contributed by atoms with E-state index < -0.39 is 40.2 Å². The summed E-state index contributed by atoms with van der Waals surface area (Å²) in [5, 5.41) is 3.14. The predicted molar refractivity (Wildman–Crippen MR) is 133 cm³/mol. The quantitative estimate of drug-likeness (QED) is 0.496. The second kappa shape index (κ2) is 11.9. The first kappa shape index (κ1) is 27.9. The monoisotopic (exact) mass is 531 g/mol. The van der Waals surface area contributed by atoms with E-state index in [0.717, 1.165) is 15.5 Å². The Hall–Kier alpha value is -2.36. The van der Waals surface area contributed by atoms with E-state index in [2.05, 4.69) is 5.32 Å². The lowest BCUT2D eigenvalue weighted by Crippen LogP contribution is -2.52. The second-order valence-electron chi connectivity index (χ2n) is 7.97. The summed E-state index contributed by atoms with van der Waals surface area (Å²) in [5.41, 5.74) is 0.326. The Morgan fingerprint density at radius 3 is 2.29 bits per heavy atom. The smallest absolute Gasteiger partial charge is 0.244 e. The molecule has 2 rings (SSSR count). The number of sulfonamides is 1. The van der Waals surface area contributed by atoms with Gasteiger partial charge in [0.25, 0.3) is 0 Å². The third-order valence-electron chi connectivity index (χ3n) is 5.34. The number of benzene rings is 2. The lowest BCUT2D eigenvalue weighted by atomic mass is 10.1. The minimum Gasteiger partial charge on any atom is -0.352 e. The van der Waals surface area contributed by atoms with Crippen LogP contribution in [-0.4, -0.2) is 50.0 Å². The van der Waals surface area contributed by atoms with Crippen molar-refractivity contribution in [2.45, 2.75) is 45.8 Å². The van der Waals surface area contributed by atoms with Gasteiger partial charge in [0.1, 0.15) is 18.4 Å². The molecule has 2 aromatic carbocycles. The molecule has 2 amide bonds. The molecule has 11 heteroatoms. The van der Waals surface area contributed by atoms with Crippen molar-refractivity contribution in [3.05, 3.63) is 63.9 Å². The summed E-state index contributed by atoms with van der Waals surface area (Å²) in [6.07, 6.45) is 1.63. The van der Waals surface area contributed by atoms with Crippen molar-refractivity contribution in [2.75, 3.05) is 17.1 Å². The van der Waals surface area contributed by atoms with Gasteiger partial charge in [-0.2, -0.15) is 0 Å². The number of anilines is 1. The molecule has 1 N–H and O–H groups in total. The van der Waals surface area contributed by atoms with Gasteiger partial charge >= 0.3 is 0 Å². The first-order valence-electron chi connectivity index (χ1n) is 10.6. The van der Waals surface area contributed by atoms with Gasteiger partial charge in [0.2, 0.25) is 21.8 Å². The van der Waals surface area contributed by atoms with E-state index in [1.807, 2.05) is 13.8 Å². The van der Waals surface area contributed by atoms with Crippen LogP contribution in [0.2, 0.25) is 10.0 Å². The topological polar surface area (TPSA) is 86.8 Å². The number of hydrogen-bond donors (Lipinski definition) is 1. The molecule has 0 saturated carbocycles. The van der Waals surface area contributed by atoms with Crippen LogP contribution in [0.4, 0.5) is 10.1 Å². The van der Waals surface area contributed by atoms with Crippen LogP contribution in [0.1, 0.15) is 32.8 Å². The maximum absolute atomic E-state index is 14.4. The van der Waals surface area contributed by atoms with Crippen LogP contribution in [0.25, 0.3) is 0 Å². The molecule has 0 bridgehead atoms. The molecule has 0 aliphatic rings. The number of halogens is 3. The fourth-order valence-electron chi connectivity index (χ4n) is 3.11. The molecule has 7 nitrogen and oxygen atoms in total. The van der Waals surface area contributed by atoms with Crippen molar-refractivity contribution in [1.29, 1.82) is 0 Å². The Balaban J connectivity index is 2.42. The fourth-order valence-corrected chi connectivity index (χ4v) is 4.25. The molecule has 0 aliphatic carbocycles. The van der Waals surface area contributed by atoms with E-state index >= 15 is 0 Å². The third kappa shape index (κ3) is 7.32. The first-order valence-corrected chi connectivity index (χ1v) is 13.2. The van der Waals surface area contributed by atoms with Gasteiger partial charge in [-0.3, -0.25) is 13.9 Å². The summed E-state index contributed by atoms with van der Waals surface area (Å²) >= 11 is 12.0. The van der Waals surface area contributed by atoms with Crippen molar-refractivity contribution in [3.63, 3.8) is 0 Å². The molecule has 0 heterocycles. The van der Waals surface area contributed by atoms with E-state index in [-0.39, 0.29) is 33.9 Å². The largest absolute Gasteiger partial charge is 0.352 e. The van der Waals surface area contributed by atoms with E-state index in [1.54, 1.807) is 6.07 Å². The molecular weight excluding hydrogens is 504 g/mol. The van der Waals surface area contributed by atoms with E-state index in [9.17, 15) is 22.4 Å². The van der Waals surface area contributed by atoms with Gasteiger partial charge in [0.05, 0.1) is 22.0 Å². The molecule has 2 atom stereocenters. The number of carbonyl (C=O) groups is 2. The minimum absolute atomic E-state index is 0.116. The van der Waals surface area contributed by atoms with Crippen molar-refractivity contribution >= 4 is 50.7 Å². The summed E-state index contributed by atoms with van der Waals surface area (Å²) in [6, 6.07) is 8.93. The van der Waals surface area contributed by atoms with Crippen LogP contribution >= 0.6 is 23.2 Å². The first-order chi connectivity index (χ1) is 15.8. The zero-order chi connectivity index (χ0) is 25.6. The van der Waals surface area contributed by atoms with Gasteiger partial charge in [-0.15, -0.1) is 0 Å². The van der Waals surface area contributed by atoms with Crippen molar-refractivity contribution < 1.29 is 22.4 Å². The molecule has 0 spiro atoms. The summed E-state index contributed by atoms with van der Waals surface area (Å²) in [5.74, 6) is -1.66. The van der Waals surface area contributed by atoms with Crippen LogP contribution in [0.15, 0.2) is 42.5 Å². The molecule has 0 fully saturated rings. The standard InChI is InChI=1S/C23H28Cl2FN3O4S/c1-5-15(2)27-23(31)16(3)28(13-17-8-6-7-9-21(17)26)22(30)14-29(34(4,32)33)18-10-11-19(24)20(25)12-18/h6-12,15-16H,5,13-14H2,1-4H3,(H,27,31). The Bertz CT molecular complexity index is 1150. The average Bonchev–Trinajstić information content (AvgIpc) is 2.77. The van der Waals surface area contributed by atoms with Crippen molar-refractivity contribution in [1.82, 2.24) is 10.2 Å². The fraction of sp³-hybridized carbons (Fsp3) is 0.391. The number of amides is 2. The third-order valence-corrected chi connectivity index (χ3v) is 7.22. The summed E-state index contributed by atoms with van der Waals surface area (Å²) in [4.78, 5) is 27.4. The molecule has 2 aromatic rings. The van der Waals surface area contributed by atoms with Crippen molar-refractivity contribution in [3.8, 4) is 0 Å². The zero-order valence-corrected chi connectivity index (χ0v) is 21.7. The minimum atomic E-state index is -3.92. The van der Waals surface area contributed by atoms with Gasteiger partial charge in [-0.1, -0.05) is 48.3 Å². The Labute approximate surface area is 209 Å². The molecule has 34 heavy (non-hydrogen) atoms. The predicted octanol–water partition coefficient (Wildman–Crippen LogP) is 4.23. The SMILES string of the molecule is CCC(C)NC(=O)C(C)N(Cc1ccccc1F)C(=O)CN(c1ccc(Cl)c(Cl)c1)S(C)(=O)=O. The molecule has 0 radical (unpaired) electrons. The van der Waals surface area contributed by atoms with Gasteiger partial charge < -0.3 is 10.2 Å². The number of carbonyl (C=O) groups excluding carboxylic acids is 2. The molecule has 0 aliphatic heterocycles. The molecule has 2 unspecified atom stereocenters. The molecule has 0 aromatic heterocycles. The Morgan fingerprint density at radius 2 is 1.74 bits per heavy atom. The highest BCUT2D eigenvalue weighted by Crippen LogP contribution is 2.28. The van der Waals surface area contributed by atoms with Crippen LogP contribution in [-0.2, 0) is 26.2 Å². The maximum Gasteiger partial charge on any atom is 0.244 e. The average molecular weight is 532 g/mol. The summed E-state index contributed by atoms with van der Waals surface area (Å²) < 4.78 is 40.3. The lowest BCUT2D eigenvalue weighted by molar-refractivity contribution is -0.139. The number of nitrogens with one attached hydrogen (secondary N) is 1. The highest BCUT2D eigenvalue weighted by atomic mass is 35.5. The number of hydrogen-bond acceptors (Lipinski definition) is 4. The van der Waals surface area contributed by atoms with Crippen LogP contribution < -0.4 is 9.62 Å².